The van der Waals surface area contributed by atoms with Gasteiger partial charge in [-0.05, 0) is 31.0 Å². The van der Waals surface area contributed by atoms with Gasteiger partial charge in [-0.15, -0.1) is 0 Å². The van der Waals surface area contributed by atoms with Crippen molar-refractivity contribution in [2.45, 2.75) is 33.0 Å². The summed E-state index contributed by atoms with van der Waals surface area (Å²) in [6.45, 7) is 6.00. The molecule has 0 saturated carbocycles. The average Bonchev–Trinajstić information content (AvgIpc) is 2.82. The van der Waals surface area contributed by atoms with Crippen molar-refractivity contribution in [3.05, 3.63) is 70.4 Å². The lowest BCUT2D eigenvalue weighted by Gasteiger charge is -2.16. The molecule has 2 aromatic carbocycles. The van der Waals surface area contributed by atoms with Gasteiger partial charge in [0.25, 0.3) is 0 Å². The van der Waals surface area contributed by atoms with E-state index >= 15 is 0 Å². The van der Waals surface area contributed by atoms with Gasteiger partial charge in [0.05, 0.1) is 23.2 Å². The zero-order valence-corrected chi connectivity index (χ0v) is 14.8. The molecule has 1 heterocycles. The number of fused-ring (bicyclic) bond motifs is 1. The molecule has 0 radical (unpaired) electrons. The van der Waals surface area contributed by atoms with Gasteiger partial charge in [-0.1, -0.05) is 54.1 Å². The summed E-state index contributed by atoms with van der Waals surface area (Å²) in [5, 5.41) is 15.6. The van der Waals surface area contributed by atoms with E-state index in [1.54, 1.807) is 0 Å². The highest BCUT2D eigenvalue weighted by molar-refractivity contribution is 6.35. The van der Waals surface area contributed by atoms with Crippen LogP contribution in [0, 0.1) is 13.8 Å². The molecule has 3 rings (SSSR count). The second kappa shape index (κ2) is 7.39. The lowest BCUT2D eigenvalue weighted by Crippen LogP contribution is -2.30. The maximum atomic E-state index is 10.4. The molecule has 0 saturated heterocycles. The van der Waals surface area contributed by atoms with Crippen molar-refractivity contribution < 1.29 is 5.11 Å². The van der Waals surface area contributed by atoms with Gasteiger partial charge in [0.15, 0.2) is 0 Å². The maximum Gasteiger partial charge on any atom is 0.0843 e. The van der Waals surface area contributed by atoms with Gasteiger partial charge in [-0.25, -0.2) is 0 Å². The lowest BCUT2D eigenvalue weighted by atomic mass is 10.2. The monoisotopic (exact) mass is 342 g/mol. The third-order valence-corrected chi connectivity index (χ3v) is 4.86. The van der Waals surface area contributed by atoms with Gasteiger partial charge in [0, 0.05) is 24.2 Å². The molecule has 0 fully saturated rings. The molecule has 1 atom stereocenters. The molecule has 3 nitrogen and oxygen atoms in total. The van der Waals surface area contributed by atoms with Crippen LogP contribution < -0.4 is 5.32 Å². The van der Waals surface area contributed by atoms with Gasteiger partial charge in [0.1, 0.15) is 0 Å². The van der Waals surface area contributed by atoms with Gasteiger partial charge >= 0.3 is 0 Å². The molecule has 0 unspecified atom stereocenters. The quantitative estimate of drug-likeness (QED) is 0.708. The van der Waals surface area contributed by atoms with Crippen molar-refractivity contribution in [2.75, 3.05) is 6.54 Å². The van der Waals surface area contributed by atoms with E-state index in [4.69, 9.17) is 11.6 Å². The molecule has 0 aliphatic heterocycles. The number of hydrogen-bond acceptors (Lipinski definition) is 2. The number of nitrogens with one attached hydrogen (secondary N) is 1. The molecule has 126 valence electrons. The van der Waals surface area contributed by atoms with Crippen LogP contribution in [0.4, 0.5) is 0 Å². The normalized spacial score (nSPS) is 12.7. The van der Waals surface area contributed by atoms with Gasteiger partial charge in [-0.2, -0.15) is 0 Å². The zero-order chi connectivity index (χ0) is 17.1. The summed E-state index contributed by atoms with van der Waals surface area (Å²) in [7, 11) is 0. The molecule has 0 aliphatic rings. The topological polar surface area (TPSA) is 37.2 Å². The number of aliphatic hydroxyl groups is 1. The summed E-state index contributed by atoms with van der Waals surface area (Å²) in [6.07, 6.45) is -0.473. The molecule has 2 N–H and O–H groups in total. The number of aromatic nitrogens is 1. The average molecular weight is 343 g/mol. The fourth-order valence-corrected chi connectivity index (χ4v) is 3.42. The van der Waals surface area contributed by atoms with E-state index in [1.807, 2.05) is 30.3 Å². The third kappa shape index (κ3) is 3.48. The van der Waals surface area contributed by atoms with E-state index < -0.39 is 6.10 Å². The van der Waals surface area contributed by atoms with Crippen LogP contribution >= 0.6 is 11.6 Å². The molecule has 0 bridgehead atoms. The molecular formula is C20H23ClN2O. The Morgan fingerprint density at radius 3 is 2.58 bits per heavy atom. The number of hydrogen-bond donors (Lipinski definition) is 2. The molecular weight excluding hydrogens is 320 g/mol. The minimum atomic E-state index is -0.473. The first-order valence-corrected chi connectivity index (χ1v) is 8.62. The van der Waals surface area contributed by atoms with Crippen LogP contribution in [0.5, 0.6) is 0 Å². The lowest BCUT2D eigenvalue weighted by molar-refractivity contribution is 0.152. The highest BCUT2D eigenvalue weighted by Gasteiger charge is 2.15. The standard InChI is InChI=1S/C20H23ClN2O/c1-14-15(2)23(20-18(14)9-6-10-19(20)21)13-17(24)12-22-11-16-7-4-3-5-8-16/h3-10,17,22,24H,11-13H2,1-2H3/t17-/m1/s1. The minimum Gasteiger partial charge on any atom is -0.390 e. The summed E-state index contributed by atoms with van der Waals surface area (Å²) in [4.78, 5) is 0. The molecule has 4 heteroatoms. The Hall–Kier alpha value is -1.81. The Morgan fingerprint density at radius 2 is 1.83 bits per heavy atom. The van der Waals surface area contributed by atoms with Gasteiger partial charge < -0.3 is 15.0 Å². The Morgan fingerprint density at radius 1 is 1.08 bits per heavy atom. The first-order valence-electron chi connectivity index (χ1n) is 8.24. The van der Waals surface area contributed by atoms with E-state index in [1.165, 1.54) is 11.1 Å². The second-order valence-electron chi connectivity index (χ2n) is 6.23. The van der Waals surface area contributed by atoms with E-state index in [9.17, 15) is 5.11 Å². The van der Waals surface area contributed by atoms with Crippen molar-refractivity contribution in [2.24, 2.45) is 0 Å². The smallest absolute Gasteiger partial charge is 0.0843 e. The molecule has 1 aromatic heterocycles. The van der Waals surface area contributed by atoms with Crippen LogP contribution in [-0.4, -0.2) is 22.3 Å². The summed E-state index contributed by atoms with van der Waals surface area (Å²) in [6, 6.07) is 16.2. The SMILES string of the molecule is Cc1c(C)n(C[C@H](O)CNCc2ccccc2)c2c(Cl)cccc12. The van der Waals surface area contributed by atoms with Crippen LogP contribution in [0.2, 0.25) is 5.02 Å². The summed E-state index contributed by atoms with van der Waals surface area (Å²) >= 11 is 6.40. The number of rotatable bonds is 6. The fraction of sp³-hybridized carbons (Fsp3) is 0.300. The third-order valence-electron chi connectivity index (χ3n) is 4.55. The Bertz CT molecular complexity index is 827. The van der Waals surface area contributed by atoms with E-state index in [-0.39, 0.29) is 0 Å². The highest BCUT2D eigenvalue weighted by atomic mass is 35.5. The second-order valence-corrected chi connectivity index (χ2v) is 6.63. The summed E-state index contributed by atoms with van der Waals surface area (Å²) in [5.41, 5.74) is 4.60. The fourth-order valence-electron chi connectivity index (χ4n) is 3.14. The van der Waals surface area contributed by atoms with Crippen molar-refractivity contribution in [1.29, 1.82) is 0 Å². The number of nitrogens with zero attached hydrogens (tertiary/aromatic N) is 1. The molecule has 0 spiro atoms. The van der Waals surface area contributed by atoms with E-state index in [2.05, 4.69) is 41.9 Å². The number of para-hydroxylation sites is 1. The summed E-state index contributed by atoms with van der Waals surface area (Å²) in [5.74, 6) is 0. The van der Waals surface area contributed by atoms with Gasteiger partial charge in [0.2, 0.25) is 0 Å². The van der Waals surface area contributed by atoms with E-state index in [0.717, 1.165) is 28.2 Å². The Labute approximate surface area is 147 Å². The number of aliphatic hydroxyl groups excluding tert-OH is 1. The van der Waals surface area contributed by atoms with Crippen LogP contribution in [0.3, 0.4) is 0 Å². The first-order chi connectivity index (χ1) is 11.6. The number of benzene rings is 2. The number of aryl methyl sites for hydroxylation is 1. The van der Waals surface area contributed by atoms with Crippen molar-refractivity contribution in [1.82, 2.24) is 9.88 Å². The molecule has 0 amide bonds. The van der Waals surface area contributed by atoms with Crippen LogP contribution in [0.1, 0.15) is 16.8 Å². The molecule has 3 aromatic rings. The predicted molar refractivity (Wildman–Crippen MR) is 101 cm³/mol. The van der Waals surface area contributed by atoms with Crippen molar-refractivity contribution >= 4 is 22.5 Å². The van der Waals surface area contributed by atoms with E-state index in [0.29, 0.717) is 13.1 Å². The Balaban J connectivity index is 1.69. The van der Waals surface area contributed by atoms with Crippen LogP contribution in [-0.2, 0) is 13.1 Å². The summed E-state index contributed by atoms with van der Waals surface area (Å²) < 4.78 is 2.13. The predicted octanol–water partition coefficient (Wildman–Crippen LogP) is 4.06. The van der Waals surface area contributed by atoms with Crippen LogP contribution in [0.25, 0.3) is 10.9 Å². The highest BCUT2D eigenvalue weighted by Crippen LogP contribution is 2.30. The molecule has 0 aliphatic carbocycles. The molecule has 24 heavy (non-hydrogen) atoms. The largest absolute Gasteiger partial charge is 0.390 e. The maximum absolute atomic E-state index is 10.4. The zero-order valence-electron chi connectivity index (χ0n) is 14.1. The first kappa shape index (κ1) is 17.0. The minimum absolute atomic E-state index is 0.473. The van der Waals surface area contributed by atoms with Gasteiger partial charge in [-0.3, -0.25) is 0 Å². The van der Waals surface area contributed by atoms with Crippen molar-refractivity contribution in [3.8, 4) is 0 Å². The number of halogens is 1. The van der Waals surface area contributed by atoms with Crippen LogP contribution in [0.15, 0.2) is 48.5 Å². The van der Waals surface area contributed by atoms with Crippen molar-refractivity contribution in [3.63, 3.8) is 0 Å². The Kier molecular flexibility index (Phi) is 5.24.